The van der Waals surface area contributed by atoms with Gasteiger partial charge in [0.05, 0.1) is 10.4 Å². The molecule has 0 unspecified atom stereocenters. The maximum Gasteiger partial charge on any atom is 0.270 e. The van der Waals surface area contributed by atoms with E-state index < -0.39 is 4.92 Å². The minimum Gasteiger partial charge on any atom is -0.352 e. The molecule has 1 aliphatic carbocycles. The highest BCUT2D eigenvalue weighted by molar-refractivity contribution is 5.87. The Morgan fingerprint density at radius 3 is 2.83 bits per heavy atom. The first-order valence-electron chi connectivity index (χ1n) is 8.24. The first-order valence-corrected chi connectivity index (χ1v) is 8.24. The van der Waals surface area contributed by atoms with Gasteiger partial charge < -0.3 is 10.2 Å². The number of aromatic nitrogens is 1. The van der Waals surface area contributed by atoms with Crippen molar-refractivity contribution < 1.29 is 9.72 Å². The van der Waals surface area contributed by atoms with Gasteiger partial charge in [-0.05, 0) is 43.9 Å². The molecule has 0 radical (unpaired) electrons. The quantitative estimate of drug-likeness (QED) is 0.688. The van der Waals surface area contributed by atoms with E-state index in [1.165, 1.54) is 12.1 Å². The topological polar surface area (TPSA) is 88.4 Å². The maximum absolute atomic E-state index is 12.4. The number of carbonyl (C=O) groups is 1. The van der Waals surface area contributed by atoms with Crippen molar-refractivity contribution in [1.82, 2.24) is 10.3 Å². The van der Waals surface area contributed by atoms with E-state index in [0.29, 0.717) is 11.6 Å². The Balaban J connectivity index is 1.61. The number of fused-ring (bicyclic) bond motifs is 1. The summed E-state index contributed by atoms with van der Waals surface area (Å²) < 4.78 is 0. The highest BCUT2D eigenvalue weighted by Gasteiger charge is 2.34. The number of nitrogens with zero attached hydrogens (tertiary/aromatic N) is 3. The van der Waals surface area contributed by atoms with Gasteiger partial charge in [-0.25, -0.2) is 4.98 Å². The minimum atomic E-state index is -0.411. The summed E-state index contributed by atoms with van der Waals surface area (Å²) in [6, 6.07) is 8.49. The summed E-state index contributed by atoms with van der Waals surface area (Å²) in [4.78, 5) is 29.5. The van der Waals surface area contributed by atoms with E-state index in [9.17, 15) is 14.9 Å². The second kappa shape index (κ2) is 5.74. The van der Waals surface area contributed by atoms with Crippen LogP contribution in [0.3, 0.4) is 0 Å². The number of carbonyl (C=O) groups excluding carboxylic acids is 1. The molecule has 2 aliphatic rings. The number of nitrogens with one attached hydrogen (secondary N) is 1. The highest BCUT2D eigenvalue weighted by Crippen LogP contribution is 2.28. The Labute approximate surface area is 138 Å². The number of non-ortho nitro benzene ring substituents is 1. The summed E-state index contributed by atoms with van der Waals surface area (Å²) in [6.45, 7) is 0.800. The summed E-state index contributed by atoms with van der Waals surface area (Å²) in [6.07, 6.45) is 3.94. The molecule has 1 atom stereocenters. The Morgan fingerprint density at radius 1 is 1.25 bits per heavy atom. The van der Waals surface area contributed by atoms with E-state index in [4.69, 9.17) is 0 Å². The number of hydrogen-bond acceptors (Lipinski definition) is 5. The van der Waals surface area contributed by atoms with E-state index in [1.807, 2.05) is 17.0 Å². The summed E-state index contributed by atoms with van der Waals surface area (Å²) in [5, 5.41) is 14.7. The van der Waals surface area contributed by atoms with Crippen molar-refractivity contribution in [3.63, 3.8) is 0 Å². The van der Waals surface area contributed by atoms with Crippen LogP contribution in [-0.4, -0.2) is 34.4 Å². The molecule has 1 N–H and O–H groups in total. The third-order valence-corrected chi connectivity index (χ3v) is 4.64. The van der Waals surface area contributed by atoms with Crippen LogP contribution in [0.15, 0.2) is 30.3 Å². The van der Waals surface area contributed by atoms with Gasteiger partial charge in [0.15, 0.2) is 0 Å². The molecule has 1 aromatic heterocycles. The number of anilines is 1. The standard InChI is InChI=1S/C17H18N4O3/c22-17(18-12-4-5-12)15-2-1-9-20(15)16-8-3-11-10-13(21(23)24)6-7-14(11)19-16/h3,6-8,10,12,15H,1-2,4-5,9H2,(H,18,22)/t15-/m1/s1. The fourth-order valence-corrected chi connectivity index (χ4v) is 3.21. The molecule has 2 fully saturated rings. The van der Waals surface area contributed by atoms with Gasteiger partial charge >= 0.3 is 0 Å². The first kappa shape index (κ1) is 14.9. The van der Waals surface area contributed by atoms with Gasteiger partial charge in [0.25, 0.3) is 5.69 Å². The zero-order valence-electron chi connectivity index (χ0n) is 13.1. The van der Waals surface area contributed by atoms with Crippen molar-refractivity contribution in [3.8, 4) is 0 Å². The number of amides is 1. The van der Waals surface area contributed by atoms with E-state index in [1.54, 1.807) is 6.07 Å². The molecule has 4 rings (SSSR count). The number of pyridine rings is 1. The van der Waals surface area contributed by atoms with Crippen LogP contribution in [-0.2, 0) is 4.79 Å². The number of nitro groups is 1. The normalized spacial score (nSPS) is 20.3. The monoisotopic (exact) mass is 326 g/mol. The summed E-state index contributed by atoms with van der Waals surface area (Å²) in [5.74, 6) is 0.838. The number of nitro benzene ring substituents is 1. The van der Waals surface area contributed by atoms with Gasteiger partial charge in [0, 0.05) is 30.1 Å². The number of hydrogen-bond donors (Lipinski definition) is 1. The van der Waals surface area contributed by atoms with Crippen LogP contribution in [0.4, 0.5) is 11.5 Å². The second-order valence-corrected chi connectivity index (χ2v) is 6.44. The number of benzene rings is 1. The van der Waals surface area contributed by atoms with Gasteiger partial charge in [-0.15, -0.1) is 0 Å². The van der Waals surface area contributed by atoms with E-state index >= 15 is 0 Å². The van der Waals surface area contributed by atoms with Crippen molar-refractivity contribution >= 4 is 28.3 Å². The molecule has 7 heteroatoms. The minimum absolute atomic E-state index is 0.0555. The van der Waals surface area contributed by atoms with Crippen molar-refractivity contribution in [3.05, 3.63) is 40.4 Å². The lowest BCUT2D eigenvalue weighted by molar-refractivity contribution is -0.384. The Hall–Kier alpha value is -2.70. The Bertz CT molecular complexity index is 819. The van der Waals surface area contributed by atoms with Crippen molar-refractivity contribution in [1.29, 1.82) is 0 Å². The average Bonchev–Trinajstić information content (AvgIpc) is 3.25. The molecule has 124 valence electrons. The molecule has 1 amide bonds. The largest absolute Gasteiger partial charge is 0.352 e. The van der Waals surface area contributed by atoms with E-state index in [0.717, 1.165) is 43.4 Å². The molecule has 2 heterocycles. The lowest BCUT2D eigenvalue weighted by atomic mass is 10.2. The van der Waals surface area contributed by atoms with Crippen LogP contribution >= 0.6 is 0 Å². The van der Waals surface area contributed by atoms with Crippen molar-refractivity contribution in [2.75, 3.05) is 11.4 Å². The van der Waals surface area contributed by atoms with Crippen LogP contribution in [0, 0.1) is 10.1 Å². The fraction of sp³-hybridized carbons (Fsp3) is 0.412. The third kappa shape index (κ3) is 2.77. The second-order valence-electron chi connectivity index (χ2n) is 6.44. The Kier molecular flexibility index (Phi) is 3.55. The lowest BCUT2D eigenvalue weighted by Crippen LogP contribution is -2.44. The maximum atomic E-state index is 12.4. The van der Waals surface area contributed by atoms with E-state index in [2.05, 4.69) is 10.3 Å². The lowest BCUT2D eigenvalue weighted by Gasteiger charge is -2.25. The summed E-state index contributed by atoms with van der Waals surface area (Å²) in [7, 11) is 0. The van der Waals surface area contributed by atoms with Gasteiger partial charge in [0.2, 0.25) is 5.91 Å². The highest BCUT2D eigenvalue weighted by atomic mass is 16.6. The summed E-state index contributed by atoms with van der Waals surface area (Å²) in [5.41, 5.74) is 0.756. The molecule has 2 aromatic rings. The smallest absolute Gasteiger partial charge is 0.270 e. The molecular formula is C17H18N4O3. The molecule has 24 heavy (non-hydrogen) atoms. The van der Waals surface area contributed by atoms with Crippen LogP contribution in [0.5, 0.6) is 0 Å². The zero-order valence-corrected chi connectivity index (χ0v) is 13.1. The summed E-state index contributed by atoms with van der Waals surface area (Å²) >= 11 is 0. The SMILES string of the molecule is O=C(NC1CC1)[C@H]1CCCN1c1ccc2cc([N+](=O)[O-])ccc2n1. The molecule has 1 aromatic carbocycles. The van der Waals surface area contributed by atoms with Crippen LogP contribution in [0.25, 0.3) is 10.9 Å². The van der Waals surface area contributed by atoms with Crippen molar-refractivity contribution in [2.45, 2.75) is 37.8 Å². The van der Waals surface area contributed by atoms with E-state index in [-0.39, 0.29) is 17.6 Å². The first-order chi connectivity index (χ1) is 11.6. The van der Waals surface area contributed by atoms with Crippen molar-refractivity contribution in [2.24, 2.45) is 0 Å². The van der Waals surface area contributed by atoms with Crippen LogP contribution in [0.1, 0.15) is 25.7 Å². The molecule has 0 spiro atoms. The van der Waals surface area contributed by atoms with Gasteiger partial charge in [-0.1, -0.05) is 0 Å². The van der Waals surface area contributed by atoms with Gasteiger partial charge in [-0.2, -0.15) is 0 Å². The van der Waals surface area contributed by atoms with Crippen LogP contribution in [0.2, 0.25) is 0 Å². The third-order valence-electron chi connectivity index (χ3n) is 4.64. The average molecular weight is 326 g/mol. The fourth-order valence-electron chi connectivity index (χ4n) is 3.21. The zero-order chi connectivity index (χ0) is 16.7. The number of rotatable bonds is 4. The Morgan fingerprint density at radius 2 is 2.08 bits per heavy atom. The molecule has 0 bridgehead atoms. The molecule has 7 nitrogen and oxygen atoms in total. The predicted molar refractivity (Wildman–Crippen MR) is 89.9 cm³/mol. The van der Waals surface area contributed by atoms with Crippen LogP contribution < -0.4 is 10.2 Å². The molecular weight excluding hydrogens is 308 g/mol. The van der Waals surface area contributed by atoms with Gasteiger partial charge in [0.1, 0.15) is 11.9 Å². The molecule has 1 saturated carbocycles. The molecule has 1 saturated heterocycles. The van der Waals surface area contributed by atoms with Gasteiger partial charge in [-0.3, -0.25) is 14.9 Å². The molecule has 1 aliphatic heterocycles. The predicted octanol–water partition coefficient (Wildman–Crippen LogP) is 2.39.